The number of rotatable bonds is 4. The van der Waals surface area contributed by atoms with Gasteiger partial charge in [0.25, 0.3) is 0 Å². The van der Waals surface area contributed by atoms with Crippen LogP contribution in [0.5, 0.6) is 0 Å². The summed E-state index contributed by atoms with van der Waals surface area (Å²) in [5.41, 5.74) is -3.07. The molecule has 0 spiro atoms. The summed E-state index contributed by atoms with van der Waals surface area (Å²) in [5.74, 6) is 0.00477. The van der Waals surface area contributed by atoms with E-state index in [1.54, 1.807) is 20.8 Å². The maximum atomic E-state index is 12.4. The van der Waals surface area contributed by atoms with Crippen LogP contribution in [0.3, 0.4) is 0 Å². The summed E-state index contributed by atoms with van der Waals surface area (Å²) in [6.45, 7) is 5.32. The summed E-state index contributed by atoms with van der Waals surface area (Å²) in [6.07, 6.45) is 6.88. The molecule has 0 aromatic heterocycles. The van der Waals surface area contributed by atoms with Gasteiger partial charge in [0, 0.05) is 12.8 Å². The van der Waals surface area contributed by atoms with Crippen LogP contribution in [-0.4, -0.2) is 34.4 Å². The van der Waals surface area contributed by atoms with Crippen LogP contribution < -0.4 is 0 Å². The van der Waals surface area contributed by atoms with Gasteiger partial charge in [0.1, 0.15) is 17.3 Å². The molecule has 0 radical (unpaired) electrons. The second-order valence-corrected chi connectivity index (χ2v) is 8.79. The van der Waals surface area contributed by atoms with Gasteiger partial charge in [0.05, 0.1) is 5.41 Å². The van der Waals surface area contributed by atoms with Gasteiger partial charge in [-0.05, 0) is 46.0 Å². The Balaban J connectivity index is 1.65. The van der Waals surface area contributed by atoms with Crippen LogP contribution in [-0.2, 0) is 19.1 Å². The third-order valence-electron chi connectivity index (χ3n) is 6.41. The highest BCUT2D eigenvalue weighted by Crippen LogP contribution is 2.55. The molecule has 1 N–H and O–H groups in total. The Bertz CT molecular complexity index is 522. The van der Waals surface area contributed by atoms with Gasteiger partial charge >= 0.3 is 11.9 Å². The van der Waals surface area contributed by atoms with Gasteiger partial charge in [-0.15, -0.1) is 0 Å². The molecule has 2 saturated carbocycles. The quantitative estimate of drug-likeness (QED) is 0.797. The Labute approximate surface area is 144 Å². The van der Waals surface area contributed by atoms with E-state index in [4.69, 9.17) is 9.47 Å². The van der Waals surface area contributed by atoms with Gasteiger partial charge in [0.2, 0.25) is 0 Å². The highest BCUT2D eigenvalue weighted by atomic mass is 16.6. The predicted octanol–water partition coefficient (Wildman–Crippen LogP) is 3.13. The number of ether oxygens (including phenoxy) is 2. The minimum Gasteiger partial charge on any atom is -0.459 e. The normalized spacial score (nSPS) is 38.7. The van der Waals surface area contributed by atoms with Gasteiger partial charge in [-0.2, -0.15) is 0 Å². The van der Waals surface area contributed by atoms with Crippen LogP contribution >= 0.6 is 0 Å². The van der Waals surface area contributed by atoms with Crippen molar-refractivity contribution in [2.24, 2.45) is 11.3 Å². The smallest absolute Gasteiger partial charge is 0.315 e. The SMILES string of the molecule is CC1(C)C[C@@]2(O)[C@H](OC(=O)CCC3CCCC3)CC[C@@]2(C)C(=O)O1. The minimum absolute atomic E-state index is 0.249. The Kier molecular flexibility index (Phi) is 4.44. The first-order valence-corrected chi connectivity index (χ1v) is 9.32. The molecular weight excluding hydrogens is 308 g/mol. The summed E-state index contributed by atoms with van der Waals surface area (Å²) in [7, 11) is 0. The van der Waals surface area contributed by atoms with E-state index in [1.165, 1.54) is 25.7 Å². The van der Waals surface area contributed by atoms with Crippen molar-refractivity contribution in [3.63, 3.8) is 0 Å². The average molecular weight is 338 g/mol. The zero-order valence-corrected chi connectivity index (χ0v) is 15.1. The van der Waals surface area contributed by atoms with Crippen LogP contribution in [0, 0.1) is 11.3 Å². The molecule has 5 nitrogen and oxygen atoms in total. The molecule has 0 unspecified atom stereocenters. The second kappa shape index (κ2) is 6.01. The van der Waals surface area contributed by atoms with Gasteiger partial charge < -0.3 is 14.6 Å². The zero-order valence-electron chi connectivity index (χ0n) is 15.1. The van der Waals surface area contributed by atoms with E-state index in [0.29, 0.717) is 31.6 Å². The lowest BCUT2D eigenvalue weighted by Gasteiger charge is -2.49. The maximum absolute atomic E-state index is 12.4. The summed E-state index contributed by atoms with van der Waals surface area (Å²) < 4.78 is 11.1. The van der Waals surface area contributed by atoms with Gasteiger partial charge in [0.15, 0.2) is 0 Å². The lowest BCUT2D eigenvalue weighted by atomic mass is 9.68. The number of hydrogen-bond donors (Lipinski definition) is 1. The van der Waals surface area contributed by atoms with Gasteiger partial charge in [-0.1, -0.05) is 25.7 Å². The highest BCUT2D eigenvalue weighted by Gasteiger charge is 2.68. The fourth-order valence-corrected chi connectivity index (χ4v) is 4.86. The molecular formula is C19H30O5. The highest BCUT2D eigenvalue weighted by molar-refractivity contribution is 5.80. The maximum Gasteiger partial charge on any atom is 0.315 e. The first kappa shape index (κ1) is 17.7. The van der Waals surface area contributed by atoms with Crippen molar-refractivity contribution < 1.29 is 24.2 Å². The molecule has 3 fully saturated rings. The van der Waals surface area contributed by atoms with Crippen molar-refractivity contribution in [1.82, 2.24) is 0 Å². The van der Waals surface area contributed by atoms with Crippen LogP contribution in [0.1, 0.15) is 78.6 Å². The van der Waals surface area contributed by atoms with Gasteiger partial charge in [-0.3, -0.25) is 9.59 Å². The van der Waals surface area contributed by atoms with Crippen LogP contribution in [0.15, 0.2) is 0 Å². The van der Waals surface area contributed by atoms with Crippen LogP contribution in [0.25, 0.3) is 0 Å². The molecule has 3 atom stereocenters. The first-order valence-electron chi connectivity index (χ1n) is 9.32. The Morgan fingerprint density at radius 2 is 1.92 bits per heavy atom. The molecule has 24 heavy (non-hydrogen) atoms. The number of carbonyl (C=O) groups is 2. The first-order chi connectivity index (χ1) is 11.2. The Morgan fingerprint density at radius 1 is 1.25 bits per heavy atom. The molecule has 1 saturated heterocycles. The molecule has 0 amide bonds. The van der Waals surface area contributed by atoms with E-state index < -0.39 is 22.7 Å². The summed E-state index contributed by atoms with van der Waals surface area (Å²) in [5, 5.41) is 11.3. The lowest BCUT2D eigenvalue weighted by Crippen LogP contribution is -2.63. The van der Waals surface area contributed by atoms with Gasteiger partial charge in [-0.25, -0.2) is 0 Å². The largest absolute Gasteiger partial charge is 0.459 e. The fraction of sp³-hybridized carbons (Fsp3) is 0.895. The lowest BCUT2D eigenvalue weighted by molar-refractivity contribution is -0.231. The predicted molar refractivity (Wildman–Crippen MR) is 88.2 cm³/mol. The molecule has 1 heterocycles. The fourth-order valence-electron chi connectivity index (χ4n) is 4.86. The Hall–Kier alpha value is -1.10. The van der Waals surface area contributed by atoms with Crippen LogP contribution in [0.4, 0.5) is 0 Å². The summed E-state index contributed by atoms with van der Waals surface area (Å²) in [6, 6.07) is 0. The standard InChI is InChI=1S/C19H30O5/c1-17(2)12-19(22)14(10-11-18(19,3)16(21)24-17)23-15(20)9-8-13-6-4-5-7-13/h13-14,22H,4-12H2,1-3H3/t14-,18+,19-/m1/s1. The zero-order chi connectivity index (χ0) is 17.6. The molecule has 2 aliphatic carbocycles. The molecule has 0 aromatic rings. The second-order valence-electron chi connectivity index (χ2n) is 8.79. The number of hydrogen-bond acceptors (Lipinski definition) is 5. The van der Waals surface area contributed by atoms with E-state index in [1.807, 2.05) is 0 Å². The van der Waals surface area contributed by atoms with Crippen molar-refractivity contribution in [3.8, 4) is 0 Å². The topological polar surface area (TPSA) is 72.8 Å². The number of aliphatic hydroxyl groups is 1. The average Bonchev–Trinajstić information content (AvgIpc) is 3.06. The summed E-state index contributed by atoms with van der Waals surface area (Å²) >= 11 is 0. The van der Waals surface area contributed by atoms with Crippen molar-refractivity contribution in [2.75, 3.05) is 0 Å². The number of esters is 2. The van der Waals surface area contributed by atoms with E-state index in [9.17, 15) is 14.7 Å². The van der Waals surface area contributed by atoms with E-state index in [2.05, 4.69) is 0 Å². The number of cyclic esters (lactones) is 1. The summed E-state index contributed by atoms with van der Waals surface area (Å²) in [4.78, 5) is 24.7. The van der Waals surface area contributed by atoms with E-state index in [-0.39, 0.29) is 11.9 Å². The van der Waals surface area contributed by atoms with Crippen molar-refractivity contribution in [2.45, 2.75) is 95.9 Å². The monoisotopic (exact) mass is 338 g/mol. The minimum atomic E-state index is -1.34. The molecule has 136 valence electrons. The third kappa shape index (κ3) is 2.96. The molecule has 0 bridgehead atoms. The van der Waals surface area contributed by atoms with E-state index in [0.717, 1.165) is 6.42 Å². The molecule has 0 aromatic carbocycles. The number of carbonyl (C=O) groups excluding carboxylic acids is 2. The Morgan fingerprint density at radius 3 is 2.58 bits per heavy atom. The molecule has 5 heteroatoms. The van der Waals surface area contributed by atoms with Crippen molar-refractivity contribution in [1.29, 1.82) is 0 Å². The molecule has 3 rings (SSSR count). The molecule has 3 aliphatic rings. The van der Waals surface area contributed by atoms with Crippen molar-refractivity contribution in [3.05, 3.63) is 0 Å². The third-order valence-corrected chi connectivity index (χ3v) is 6.41. The van der Waals surface area contributed by atoms with Crippen LogP contribution in [0.2, 0.25) is 0 Å². The number of fused-ring (bicyclic) bond motifs is 1. The van der Waals surface area contributed by atoms with Crippen molar-refractivity contribution >= 4 is 11.9 Å². The molecule has 1 aliphatic heterocycles. The van der Waals surface area contributed by atoms with E-state index >= 15 is 0 Å².